The summed E-state index contributed by atoms with van der Waals surface area (Å²) in [7, 11) is 1.82. The van der Waals surface area contributed by atoms with E-state index in [0.717, 1.165) is 64.7 Å². The van der Waals surface area contributed by atoms with Crippen LogP contribution in [0, 0.1) is 5.92 Å². The van der Waals surface area contributed by atoms with Gasteiger partial charge >= 0.3 is 0 Å². The van der Waals surface area contributed by atoms with Gasteiger partial charge in [-0.1, -0.05) is 0 Å². The van der Waals surface area contributed by atoms with E-state index < -0.39 is 0 Å². The van der Waals surface area contributed by atoms with E-state index in [2.05, 4.69) is 21.9 Å². The summed E-state index contributed by atoms with van der Waals surface area (Å²) < 4.78 is 11.1. The summed E-state index contributed by atoms with van der Waals surface area (Å²) in [4.78, 5) is 4.23. The zero-order chi connectivity index (χ0) is 15.9. The van der Waals surface area contributed by atoms with E-state index in [4.69, 9.17) is 9.47 Å². The van der Waals surface area contributed by atoms with Gasteiger partial charge in [-0.3, -0.25) is 4.99 Å². The zero-order valence-electron chi connectivity index (χ0n) is 14.6. The van der Waals surface area contributed by atoms with E-state index in [9.17, 15) is 0 Å². The smallest absolute Gasteiger partial charge is 0.190 e. The molecule has 0 radical (unpaired) electrons. The van der Waals surface area contributed by atoms with Crippen LogP contribution in [0.1, 0.15) is 32.1 Å². The monoisotopic (exact) mass is 459 g/mol. The second kappa shape index (κ2) is 17.1. The Balaban J connectivity index is 0.00000484. The number of aliphatic imine (C=N–C) groups is 1. The largest absolute Gasteiger partial charge is 0.381 e. The molecule has 1 fully saturated rings. The molecule has 0 unspecified atom stereocenters. The van der Waals surface area contributed by atoms with Crippen LogP contribution in [-0.2, 0) is 9.47 Å². The summed E-state index contributed by atoms with van der Waals surface area (Å²) in [5.41, 5.74) is 0. The molecule has 0 aromatic rings. The first-order valence-electron chi connectivity index (χ1n) is 8.45. The van der Waals surface area contributed by atoms with E-state index in [0.29, 0.717) is 5.92 Å². The van der Waals surface area contributed by atoms with Crippen LogP contribution in [0.15, 0.2) is 4.99 Å². The Morgan fingerprint density at radius 2 is 1.87 bits per heavy atom. The molecule has 1 rings (SSSR count). The molecule has 5 nitrogen and oxygen atoms in total. The number of unbranched alkanes of at least 4 members (excludes halogenated alkanes) is 1. The Labute approximate surface area is 163 Å². The fourth-order valence-corrected chi connectivity index (χ4v) is 2.84. The maximum absolute atomic E-state index is 5.76. The van der Waals surface area contributed by atoms with Gasteiger partial charge < -0.3 is 20.1 Å². The first-order chi connectivity index (χ1) is 10.9. The van der Waals surface area contributed by atoms with Crippen LogP contribution in [0.2, 0.25) is 0 Å². The average molecular weight is 459 g/mol. The highest BCUT2D eigenvalue weighted by Gasteiger charge is 2.13. The fraction of sp³-hybridized carbons (Fsp3) is 0.938. The molecule has 7 heteroatoms. The molecular formula is C16H34IN3O2S. The van der Waals surface area contributed by atoms with Crippen LogP contribution < -0.4 is 10.6 Å². The highest BCUT2D eigenvalue weighted by atomic mass is 127. The molecule has 0 aliphatic carbocycles. The van der Waals surface area contributed by atoms with Gasteiger partial charge in [0, 0.05) is 46.6 Å². The van der Waals surface area contributed by atoms with Crippen LogP contribution in [0.5, 0.6) is 0 Å². The molecule has 0 bridgehead atoms. The number of guanidine groups is 1. The predicted octanol–water partition coefficient (Wildman–Crippen LogP) is 2.75. The van der Waals surface area contributed by atoms with Crippen molar-refractivity contribution in [2.24, 2.45) is 10.9 Å². The first-order valence-corrected chi connectivity index (χ1v) is 9.85. The van der Waals surface area contributed by atoms with Crippen molar-refractivity contribution in [3.05, 3.63) is 0 Å². The number of hydrogen-bond donors (Lipinski definition) is 2. The lowest BCUT2D eigenvalue weighted by molar-refractivity contribution is 0.0203. The van der Waals surface area contributed by atoms with Gasteiger partial charge in [0.25, 0.3) is 0 Å². The lowest BCUT2D eigenvalue weighted by Crippen LogP contribution is -2.38. The van der Waals surface area contributed by atoms with Crippen molar-refractivity contribution in [1.29, 1.82) is 0 Å². The van der Waals surface area contributed by atoms with Gasteiger partial charge in [-0.15, -0.1) is 24.0 Å². The van der Waals surface area contributed by atoms with Gasteiger partial charge in [0.15, 0.2) is 5.96 Å². The Kier molecular flexibility index (Phi) is 17.3. The molecule has 0 aromatic carbocycles. The van der Waals surface area contributed by atoms with Crippen LogP contribution in [0.4, 0.5) is 0 Å². The molecule has 0 spiro atoms. The average Bonchev–Trinajstić information content (AvgIpc) is 2.56. The number of nitrogens with one attached hydrogen (secondary N) is 2. The van der Waals surface area contributed by atoms with Gasteiger partial charge in [-0.2, -0.15) is 11.8 Å². The molecule has 0 atom stereocenters. The molecule has 138 valence electrons. The number of nitrogens with zero attached hydrogens (tertiary/aromatic N) is 1. The number of halogens is 1. The predicted molar refractivity (Wildman–Crippen MR) is 111 cm³/mol. The van der Waals surface area contributed by atoms with E-state index in [1.165, 1.54) is 18.6 Å². The van der Waals surface area contributed by atoms with E-state index in [1.807, 2.05) is 18.8 Å². The maximum atomic E-state index is 5.76. The van der Waals surface area contributed by atoms with Gasteiger partial charge in [0.1, 0.15) is 0 Å². The minimum atomic E-state index is 0. The molecule has 2 N–H and O–H groups in total. The quantitative estimate of drug-likeness (QED) is 0.215. The number of ether oxygens (including phenoxy) is 2. The third kappa shape index (κ3) is 13.3. The Hall–Kier alpha value is 0.270. The topological polar surface area (TPSA) is 54.9 Å². The molecular weight excluding hydrogens is 425 g/mol. The SMILES string of the molecule is CN=C(NCCCCSC)NCCCOCC1CCOCC1.I. The van der Waals surface area contributed by atoms with Crippen LogP contribution in [-0.4, -0.2) is 64.5 Å². The lowest BCUT2D eigenvalue weighted by atomic mass is 10.0. The van der Waals surface area contributed by atoms with Gasteiger partial charge in [-0.25, -0.2) is 0 Å². The standard InChI is InChI=1S/C16H33N3O2S.HI/c1-17-16(18-8-3-4-13-22-2)19-9-5-10-21-14-15-6-11-20-12-7-15;/h15H,3-14H2,1-2H3,(H2,17,18,19);1H. The van der Waals surface area contributed by atoms with Crippen molar-refractivity contribution < 1.29 is 9.47 Å². The molecule has 1 aliphatic heterocycles. The van der Waals surface area contributed by atoms with E-state index in [1.54, 1.807) is 0 Å². The Morgan fingerprint density at radius 3 is 2.52 bits per heavy atom. The maximum Gasteiger partial charge on any atom is 0.190 e. The van der Waals surface area contributed by atoms with Crippen molar-refractivity contribution in [3.63, 3.8) is 0 Å². The van der Waals surface area contributed by atoms with Crippen LogP contribution in [0.25, 0.3) is 0 Å². The van der Waals surface area contributed by atoms with Crippen molar-refractivity contribution in [2.45, 2.75) is 32.1 Å². The second-order valence-corrected chi connectivity index (χ2v) is 6.60. The lowest BCUT2D eigenvalue weighted by Gasteiger charge is -2.21. The molecule has 1 heterocycles. The molecule has 0 saturated carbocycles. The van der Waals surface area contributed by atoms with Crippen molar-refractivity contribution in [2.75, 3.05) is 58.6 Å². The summed E-state index contributed by atoms with van der Waals surface area (Å²) in [6.45, 7) is 5.38. The Morgan fingerprint density at radius 1 is 1.17 bits per heavy atom. The summed E-state index contributed by atoms with van der Waals surface area (Å²) in [6, 6.07) is 0. The normalized spacial score (nSPS) is 16.0. The molecule has 1 aliphatic rings. The van der Waals surface area contributed by atoms with E-state index >= 15 is 0 Å². The van der Waals surface area contributed by atoms with Crippen molar-refractivity contribution >= 4 is 41.7 Å². The fourth-order valence-electron chi connectivity index (χ4n) is 2.34. The third-order valence-corrected chi connectivity index (χ3v) is 4.44. The van der Waals surface area contributed by atoms with Crippen LogP contribution in [0.3, 0.4) is 0 Å². The van der Waals surface area contributed by atoms with Gasteiger partial charge in [-0.05, 0) is 50.0 Å². The van der Waals surface area contributed by atoms with Gasteiger partial charge in [0.05, 0.1) is 0 Å². The number of hydrogen-bond acceptors (Lipinski definition) is 4. The number of rotatable bonds is 11. The summed E-state index contributed by atoms with van der Waals surface area (Å²) in [6.07, 6.45) is 7.89. The molecule has 1 saturated heterocycles. The Bertz CT molecular complexity index is 290. The van der Waals surface area contributed by atoms with Crippen LogP contribution >= 0.6 is 35.7 Å². The highest BCUT2D eigenvalue weighted by Crippen LogP contribution is 2.14. The summed E-state index contributed by atoms with van der Waals surface area (Å²) in [5, 5.41) is 6.68. The minimum absolute atomic E-state index is 0. The minimum Gasteiger partial charge on any atom is -0.381 e. The summed E-state index contributed by atoms with van der Waals surface area (Å²) in [5.74, 6) is 2.82. The molecule has 23 heavy (non-hydrogen) atoms. The number of thioether (sulfide) groups is 1. The first kappa shape index (κ1) is 23.3. The van der Waals surface area contributed by atoms with Crippen molar-refractivity contribution in [3.8, 4) is 0 Å². The van der Waals surface area contributed by atoms with Crippen molar-refractivity contribution in [1.82, 2.24) is 10.6 Å². The second-order valence-electron chi connectivity index (χ2n) is 5.61. The highest BCUT2D eigenvalue weighted by molar-refractivity contribution is 14.0. The molecule has 0 aromatic heterocycles. The van der Waals surface area contributed by atoms with Gasteiger partial charge in [0.2, 0.25) is 0 Å². The summed E-state index contributed by atoms with van der Waals surface area (Å²) >= 11 is 1.90. The zero-order valence-corrected chi connectivity index (χ0v) is 17.8. The third-order valence-electron chi connectivity index (χ3n) is 3.74. The van der Waals surface area contributed by atoms with E-state index in [-0.39, 0.29) is 24.0 Å². The molecule has 0 amide bonds.